The highest BCUT2D eigenvalue weighted by molar-refractivity contribution is 5.89. The molecule has 154 valence electrons. The molecule has 0 aliphatic heterocycles. The van der Waals surface area contributed by atoms with E-state index in [1.165, 1.54) is 7.11 Å². The van der Waals surface area contributed by atoms with Crippen LogP contribution in [-0.2, 0) is 37.3 Å². The first kappa shape index (κ1) is 23.5. The minimum absolute atomic E-state index is 0. The normalized spacial score (nSPS) is 12.6. The molecule has 2 aromatic rings. The topological polar surface area (TPSA) is 113 Å². The molecule has 3 N–H and O–H groups in total. The number of aromatic nitrogens is 1. The summed E-state index contributed by atoms with van der Waals surface area (Å²) in [5, 5.41) is 3.62. The van der Waals surface area contributed by atoms with Crippen LogP contribution in [-0.4, -0.2) is 48.2 Å². The molecule has 0 bridgehead atoms. The van der Waals surface area contributed by atoms with Gasteiger partial charge in [-0.1, -0.05) is 18.2 Å². The summed E-state index contributed by atoms with van der Waals surface area (Å²) in [6.45, 7) is 1.89. The van der Waals surface area contributed by atoms with Crippen LogP contribution >= 0.6 is 12.4 Å². The van der Waals surface area contributed by atoms with Crippen molar-refractivity contribution in [2.75, 3.05) is 13.7 Å². The Morgan fingerprint density at radius 1 is 1.21 bits per heavy atom. The smallest absolute Gasteiger partial charge is 0.328 e. The van der Waals surface area contributed by atoms with Crippen LogP contribution in [0, 0.1) is 0 Å². The van der Waals surface area contributed by atoms with E-state index in [4.69, 9.17) is 10.5 Å². The van der Waals surface area contributed by atoms with Gasteiger partial charge in [-0.25, -0.2) is 4.79 Å². The lowest BCUT2D eigenvalue weighted by atomic mass is 10.0. The Bertz CT molecular complexity index is 836. The number of esters is 2. The summed E-state index contributed by atoms with van der Waals surface area (Å²) in [7, 11) is 3.11. The van der Waals surface area contributed by atoms with E-state index in [0.717, 1.165) is 16.5 Å². The van der Waals surface area contributed by atoms with Crippen molar-refractivity contribution in [1.29, 1.82) is 0 Å². The first-order valence-electron chi connectivity index (χ1n) is 8.69. The third-order valence-electron chi connectivity index (χ3n) is 4.22. The molecule has 1 aromatic carbocycles. The molecule has 1 heterocycles. The number of carbonyl (C=O) groups excluding carboxylic acids is 3. The number of halogens is 1. The fraction of sp³-hybridized carbons (Fsp3) is 0.421. The Kier molecular flexibility index (Phi) is 8.94. The van der Waals surface area contributed by atoms with Gasteiger partial charge in [0.15, 0.2) is 0 Å². The third kappa shape index (κ3) is 5.71. The van der Waals surface area contributed by atoms with Gasteiger partial charge in [-0.2, -0.15) is 0 Å². The summed E-state index contributed by atoms with van der Waals surface area (Å²) in [5.74, 6) is -1.75. The molecule has 0 fully saturated rings. The number of nitrogens with one attached hydrogen (secondary N) is 1. The molecule has 0 radical (unpaired) electrons. The predicted molar refractivity (Wildman–Crippen MR) is 107 cm³/mol. The number of nitrogens with two attached hydrogens (primary N) is 1. The number of carbonyl (C=O) groups is 3. The van der Waals surface area contributed by atoms with Gasteiger partial charge in [0, 0.05) is 30.6 Å². The molecule has 0 spiro atoms. The first-order chi connectivity index (χ1) is 12.9. The largest absolute Gasteiger partial charge is 0.468 e. The van der Waals surface area contributed by atoms with E-state index in [0.29, 0.717) is 0 Å². The van der Waals surface area contributed by atoms with Crippen LogP contribution in [0.4, 0.5) is 0 Å². The van der Waals surface area contributed by atoms with Crippen LogP contribution in [0.2, 0.25) is 0 Å². The Morgan fingerprint density at radius 3 is 2.54 bits per heavy atom. The number of hydrogen-bond donors (Lipinski definition) is 2. The number of hydrogen-bond acceptors (Lipinski definition) is 6. The zero-order valence-electron chi connectivity index (χ0n) is 16.1. The van der Waals surface area contributed by atoms with Gasteiger partial charge in [0.05, 0.1) is 20.1 Å². The van der Waals surface area contributed by atoms with E-state index >= 15 is 0 Å². The number of fused-ring (bicyclic) bond motifs is 1. The summed E-state index contributed by atoms with van der Waals surface area (Å²) in [6, 6.07) is 5.82. The molecule has 9 heteroatoms. The second kappa shape index (κ2) is 10.7. The molecule has 1 amide bonds. The minimum Gasteiger partial charge on any atom is -0.468 e. The molecule has 8 nitrogen and oxygen atoms in total. The number of para-hydroxylation sites is 1. The lowest BCUT2D eigenvalue weighted by Crippen LogP contribution is -2.46. The molecule has 28 heavy (non-hydrogen) atoms. The van der Waals surface area contributed by atoms with Crippen LogP contribution < -0.4 is 11.1 Å². The molecular formula is C19H26ClN3O5. The number of rotatable bonds is 8. The van der Waals surface area contributed by atoms with Gasteiger partial charge >= 0.3 is 11.9 Å². The second-order valence-corrected chi connectivity index (χ2v) is 6.19. The number of amides is 1. The van der Waals surface area contributed by atoms with Crippen molar-refractivity contribution >= 4 is 41.2 Å². The number of benzene rings is 1. The molecule has 2 rings (SSSR count). The summed E-state index contributed by atoms with van der Waals surface area (Å²) in [6.07, 6.45) is 1.90. The summed E-state index contributed by atoms with van der Waals surface area (Å²) >= 11 is 0. The Morgan fingerprint density at radius 2 is 1.89 bits per heavy atom. The van der Waals surface area contributed by atoms with E-state index in [1.54, 1.807) is 6.92 Å². The second-order valence-electron chi connectivity index (χ2n) is 6.19. The van der Waals surface area contributed by atoms with E-state index in [1.807, 2.05) is 42.1 Å². The summed E-state index contributed by atoms with van der Waals surface area (Å²) in [4.78, 5) is 36.0. The van der Waals surface area contributed by atoms with Crippen LogP contribution in [0.15, 0.2) is 30.5 Å². The molecule has 0 saturated carbocycles. The van der Waals surface area contributed by atoms with Gasteiger partial charge < -0.3 is 25.1 Å². The molecule has 0 aliphatic rings. The fourth-order valence-corrected chi connectivity index (χ4v) is 2.93. The van der Waals surface area contributed by atoms with Gasteiger partial charge in [0.25, 0.3) is 0 Å². The van der Waals surface area contributed by atoms with Crippen molar-refractivity contribution in [3.8, 4) is 0 Å². The van der Waals surface area contributed by atoms with E-state index in [2.05, 4.69) is 10.1 Å². The highest BCUT2D eigenvalue weighted by Crippen LogP contribution is 2.21. The molecule has 0 aliphatic carbocycles. The fourth-order valence-electron chi connectivity index (χ4n) is 2.93. The SMILES string of the molecule is CCOC(=O)[C@@H](Cc1cn(C)c2ccccc12)NC(=O)C[C@H](N)C(=O)OC.Cl. The van der Waals surface area contributed by atoms with Crippen molar-refractivity contribution in [3.05, 3.63) is 36.0 Å². The Labute approximate surface area is 169 Å². The zero-order valence-corrected chi connectivity index (χ0v) is 17.0. The van der Waals surface area contributed by atoms with Gasteiger partial charge in [-0.15, -0.1) is 12.4 Å². The zero-order chi connectivity index (χ0) is 20.0. The van der Waals surface area contributed by atoms with Crippen molar-refractivity contribution in [2.24, 2.45) is 12.8 Å². The lowest BCUT2D eigenvalue weighted by Gasteiger charge is -2.18. The van der Waals surface area contributed by atoms with Gasteiger partial charge in [0.2, 0.25) is 5.91 Å². The average Bonchev–Trinajstić information content (AvgIpc) is 2.96. The molecule has 1 aromatic heterocycles. The van der Waals surface area contributed by atoms with Crippen molar-refractivity contribution < 1.29 is 23.9 Å². The highest BCUT2D eigenvalue weighted by Gasteiger charge is 2.26. The molecule has 0 saturated heterocycles. The number of methoxy groups -OCH3 is 1. The van der Waals surface area contributed by atoms with E-state index in [-0.39, 0.29) is 31.9 Å². The Hall–Kier alpha value is -2.58. The summed E-state index contributed by atoms with van der Waals surface area (Å²) < 4.78 is 11.6. The maximum absolute atomic E-state index is 12.3. The lowest BCUT2D eigenvalue weighted by molar-refractivity contribution is -0.147. The third-order valence-corrected chi connectivity index (χ3v) is 4.22. The Balaban J connectivity index is 0.00000392. The van der Waals surface area contributed by atoms with Gasteiger partial charge in [0.1, 0.15) is 12.1 Å². The van der Waals surface area contributed by atoms with E-state index in [9.17, 15) is 14.4 Å². The monoisotopic (exact) mass is 411 g/mol. The molecular weight excluding hydrogens is 386 g/mol. The van der Waals surface area contributed by atoms with E-state index < -0.39 is 29.9 Å². The first-order valence-corrected chi connectivity index (χ1v) is 8.69. The number of aryl methyl sites for hydroxylation is 1. The van der Waals surface area contributed by atoms with Crippen LogP contribution in [0.3, 0.4) is 0 Å². The standard InChI is InChI=1S/C19H25N3O5.ClH/c1-4-27-19(25)15(21-17(23)10-14(20)18(24)26-3)9-12-11-22(2)16-8-6-5-7-13(12)16;/h5-8,11,14-15H,4,9-10,20H2,1-3H3,(H,21,23);1H/t14-,15+;/m0./s1. The van der Waals surface area contributed by atoms with Gasteiger partial charge in [-0.05, 0) is 18.6 Å². The quantitative estimate of drug-likeness (QED) is 0.628. The maximum Gasteiger partial charge on any atom is 0.328 e. The molecule has 0 unspecified atom stereocenters. The van der Waals surface area contributed by atoms with Crippen LogP contribution in [0.1, 0.15) is 18.9 Å². The van der Waals surface area contributed by atoms with Crippen LogP contribution in [0.25, 0.3) is 10.9 Å². The molecule has 2 atom stereocenters. The maximum atomic E-state index is 12.3. The van der Waals surface area contributed by atoms with Gasteiger partial charge in [-0.3, -0.25) is 9.59 Å². The summed E-state index contributed by atoms with van der Waals surface area (Å²) in [5.41, 5.74) is 7.54. The van der Waals surface area contributed by atoms with Crippen molar-refractivity contribution in [3.63, 3.8) is 0 Å². The minimum atomic E-state index is -1.09. The number of ether oxygens (including phenoxy) is 2. The highest BCUT2D eigenvalue weighted by atomic mass is 35.5. The number of nitrogens with zero attached hydrogens (tertiary/aromatic N) is 1. The van der Waals surface area contributed by atoms with Crippen LogP contribution in [0.5, 0.6) is 0 Å². The average molecular weight is 412 g/mol. The van der Waals surface area contributed by atoms with Crippen molar-refractivity contribution in [1.82, 2.24) is 9.88 Å². The van der Waals surface area contributed by atoms with Crippen molar-refractivity contribution in [2.45, 2.75) is 31.8 Å². The predicted octanol–water partition coefficient (Wildman–Crippen LogP) is 1.08.